The second kappa shape index (κ2) is 8.35. The number of amides is 1. The highest BCUT2D eigenvalue weighted by Gasteiger charge is 2.20. The number of carbonyl (C=O) groups is 1. The maximum Gasteiger partial charge on any atom is 0.256 e. The second-order valence-electron chi connectivity index (χ2n) is 6.53. The summed E-state index contributed by atoms with van der Waals surface area (Å²) in [7, 11) is 0. The van der Waals surface area contributed by atoms with E-state index in [0.717, 1.165) is 11.1 Å². The van der Waals surface area contributed by atoms with Crippen LogP contribution in [0.25, 0.3) is 0 Å². The molecule has 0 aliphatic rings. The van der Waals surface area contributed by atoms with Gasteiger partial charge in [0.2, 0.25) is 0 Å². The fraction of sp³-hybridized carbons (Fsp3) is 0.238. The van der Waals surface area contributed by atoms with Crippen LogP contribution in [-0.4, -0.2) is 22.2 Å². The zero-order chi connectivity index (χ0) is 19.4. The van der Waals surface area contributed by atoms with Crippen molar-refractivity contribution in [2.24, 2.45) is 0 Å². The summed E-state index contributed by atoms with van der Waals surface area (Å²) in [6, 6.07) is 14.3. The van der Waals surface area contributed by atoms with Crippen molar-refractivity contribution >= 4 is 17.5 Å². The highest BCUT2D eigenvalue weighted by Crippen LogP contribution is 2.21. The smallest absolute Gasteiger partial charge is 0.256 e. The van der Waals surface area contributed by atoms with Gasteiger partial charge in [0, 0.05) is 6.54 Å². The molecule has 0 aliphatic carbocycles. The molecule has 2 aromatic carbocycles. The number of aryl methyl sites for hydroxylation is 2. The summed E-state index contributed by atoms with van der Waals surface area (Å²) in [5.41, 5.74) is 4.18. The molecule has 0 bridgehead atoms. The number of carbonyl (C=O) groups excluding carboxylic acids is 1. The molecule has 0 radical (unpaired) electrons. The van der Waals surface area contributed by atoms with Crippen molar-refractivity contribution in [3.8, 4) is 0 Å². The van der Waals surface area contributed by atoms with Crippen molar-refractivity contribution in [2.75, 3.05) is 6.54 Å². The van der Waals surface area contributed by atoms with E-state index < -0.39 is 0 Å². The SMILES string of the molecule is Cc1ccc(Cn2nc(C)c(C(=O)NCCc3ccc(F)cc3)c2Cl)cc1. The van der Waals surface area contributed by atoms with Gasteiger partial charge >= 0.3 is 0 Å². The molecule has 3 aromatic rings. The first kappa shape index (κ1) is 19.1. The molecule has 0 aliphatic heterocycles. The maximum absolute atomic E-state index is 12.9. The van der Waals surface area contributed by atoms with Gasteiger partial charge in [0.05, 0.1) is 17.8 Å². The van der Waals surface area contributed by atoms with E-state index in [4.69, 9.17) is 11.6 Å². The van der Waals surface area contributed by atoms with E-state index in [1.54, 1.807) is 23.7 Å². The van der Waals surface area contributed by atoms with E-state index in [2.05, 4.69) is 10.4 Å². The zero-order valence-electron chi connectivity index (χ0n) is 15.3. The van der Waals surface area contributed by atoms with Gasteiger partial charge in [0.25, 0.3) is 5.91 Å². The fourth-order valence-electron chi connectivity index (χ4n) is 2.84. The Labute approximate surface area is 163 Å². The third-order valence-electron chi connectivity index (χ3n) is 4.36. The first-order valence-corrected chi connectivity index (χ1v) is 9.13. The number of nitrogens with one attached hydrogen (secondary N) is 1. The van der Waals surface area contributed by atoms with Crippen molar-refractivity contribution in [2.45, 2.75) is 26.8 Å². The van der Waals surface area contributed by atoms with Crippen LogP contribution in [0, 0.1) is 19.7 Å². The van der Waals surface area contributed by atoms with Gasteiger partial charge in [-0.3, -0.25) is 4.79 Å². The average molecular weight is 386 g/mol. The van der Waals surface area contributed by atoms with Crippen LogP contribution in [0.4, 0.5) is 4.39 Å². The Balaban J connectivity index is 1.65. The normalized spacial score (nSPS) is 10.8. The third-order valence-corrected chi connectivity index (χ3v) is 4.74. The lowest BCUT2D eigenvalue weighted by Crippen LogP contribution is -2.26. The number of nitrogens with zero attached hydrogens (tertiary/aromatic N) is 2. The summed E-state index contributed by atoms with van der Waals surface area (Å²) in [6.45, 7) is 4.74. The molecule has 0 saturated heterocycles. The predicted octanol–water partition coefficient (Wildman–Crippen LogP) is 4.31. The van der Waals surface area contributed by atoms with Crippen LogP contribution in [0.1, 0.15) is 32.7 Å². The predicted molar refractivity (Wildman–Crippen MR) is 105 cm³/mol. The van der Waals surface area contributed by atoms with Crippen LogP contribution in [0.3, 0.4) is 0 Å². The molecule has 0 unspecified atom stereocenters. The number of benzene rings is 2. The van der Waals surface area contributed by atoms with Crippen LogP contribution < -0.4 is 5.32 Å². The molecule has 1 N–H and O–H groups in total. The second-order valence-corrected chi connectivity index (χ2v) is 6.88. The van der Waals surface area contributed by atoms with Crippen molar-refractivity contribution < 1.29 is 9.18 Å². The first-order chi connectivity index (χ1) is 12.9. The van der Waals surface area contributed by atoms with Crippen LogP contribution in [0.15, 0.2) is 48.5 Å². The van der Waals surface area contributed by atoms with Crippen LogP contribution in [0.5, 0.6) is 0 Å². The molecule has 1 aromatic heterocycles. The summed E-state index contributed by atoms with van der Waals surface area (Å²) in [4.78, 5) is 12.5. The molecular weight excluding hydrogens is 365 g/mol. The number of rotatable bonds is 6. The Bertz CT molecular complexity index is 933. The number of aromatic nitrogens is 2. The van der Waals surface area contributed by atoms with Gasteiger partial charge in [-0.25, -0.2) is 9.07 Å². The van der Waals surface area contributed by atoms with Gasteiger partial charge in [-0.2, -0.15) is 5.10 Å². The summed E-state index contributed by atoms with van der Waals surface area (Å²) >= 11 is 6.42. The van der Waals surface area contributed by atoms with Gasteiger partial charge < -0.3 is 5.32 Å². The molecule has 140 valence electrons. The van der Waals surface area contributed by atoms with Crippen molar-refractivity contribution in [1.82, 2.24) is 15.1 Å². The quantitative estimate of drug-likeness (QED) is 0.687. The first-order valence-electron chi connectivity index (χ1n) is 8.75. The lowest BCUT2D eigenvalue weighted by molar-refractivity contribution is 0.0953. The third kappa shape index (κ3) is 4.74. The van der Waals surface area contributed by atoms with E-state index in [-0.39, 0.29) is 11.7 Å². The van der Waals surface area contributed by atoms with E-state index in [1.165, 1.54) is 17.7 Å². The molecule has 27 heavy (non-hydrogen) atoms. The number of halogens is 2. The minimum atomic E-state index is -0.272. The van der Waals surface area contributed by atoms with Crippen molar-refractivity contribution in [1.29, 1.82) is 0 Å². The largest absolute Gasteiger partial charge is 0.352 e. The van der Waals surface area contributed by atoms with E-state index in [9.17, 15) is 9.18 Å². The fourth-order valence-corrected chi connectivity index (χ4v) is 3.16. The minimum Gasteiger partial charge on any atom is -0.352 e. The highest BCUT2D eigenvalue weighted by molar-refractivity contribution is 6.33. The molecule has 6 heteroatoms. The molecule has 0 spiro atoms. The molecule has 0 saturated carbocycles. The van der Waals surface area contributed by atoms with Crippen LogP contribution in [0.2, 0.25) is 5.15 Å². The van der Waals surface area contributed by atoms with Gasteiger partial charge in [-0.1, -0.05) is 53.6 Å². The molecule has 1 amide bonds. The van der Waals surface area contributed by atoms with Gasteiger partial charge in [-0.05, 0) is 43.5 Å². The summed E-state index contributed by atoms with van der Waals surface area (Å²) < 4.78 is 14.6. The molecular formula is C21H21ClFN3O. The lowest BCUT2D eigenvalue weighted by Gasteiger charge is -2.06. The average Bonchev–Trinajstić information content (AvgIpc) is 2.92. The Morgan fingerprint density at radius 1 is 1.07 bits per heavy atom. The molecule has 4 nitrogen and oxygen atoms in total. The topological polar surface area (TPSA) is 46.9 Å². The summed E-state index contributed by atoms with van der Waals surface area (Å²) in [5.74, 6) is -0.527. The summed E-state index contributed by atoms with van der Waals surface area (Å²) in [5, 5.41) is 7.59. The minimum absolute atomic E-state index is 0.255. The lowest BCUT2D eigenvalue weighted by atomic mass is 10.1. The van der Waals surface area contributed by atoms with E-state index >= 15 is 0 Å². The molecule has 3 rings (SSSR count). The molecule has 0 fully saturated rings. The highest BCUT2D eigenvalue weighted by atomic mass is 35.5. The van der Waals surface area contributed by atoms with Crippen LogP contribution >= 0.6 is 11.6 Å². The van der Waals surface area contributed by atoms with Crippen molar-refractivity contribution in [3.63, 3.8) is 0 Å². The standard InChI is InChI=1S/C21H21ClFN3O/c1-14-3-5-17(6-4-14)13-26-20(22)19(15(2)25-26)21(27)24-12-11-16-7-9-18(23)10-8-16/h3-10H,11-13H2,1-2H3,(H,24,27). The van der Waals surface area contributed by atoms with Crippen LogP contribution in [-0.2, 0) is 13.0 Å². The Kier molecular flexibility index (Phi) is 5.91. The Morgan fingerprint density at radius 2 is 1.70 bits per heavy atom. The van der Waals surface area contributed by atoms with Gasteiger partial charge in [0.1, 0.15) is 11.0 Å². The van der Waals surface area contributed by atoms with Gasteiger partial charge in [0.15, 0.2) is 0 Å². The van der Waals surface area contributed by atoms with Crippen molar-refractivity contribution in [3.05, 3.63) is 87.4 Å². The molecule has 0 atom stereocenters. The Morgan fingerprint density at radius 3 is 2.37 bits per heavy atom. The maximum atomic E-state index is 12.9. The monoisotopic (exact) mass is 385 g/mol. The van der Waals surface area contributed by atoms with E-state index in [1.807, 2.05) is 31.2 Å². The molecule has 1 heterocycles. The van der Waals surface area contributed by atoms with Gasteiger partial charge in [-0.15, -0.1) is 0 Å². The Hall–Kier alpha value is -2.66. The number of hydrogen-bond donors (Lipinski definition) is 1. The summed E-state index contributed by atoms with van der Waals surface area (Å²) in [6.07, 6.45) is 0.611. The van der Waals surface area contributed by atoms with E-state index in [0.29, 0.717) is 35.9 Å². The zero-order valence-corrected chi connectivity index (χ0v) is 16.1. The number of hydrogen-bond acceptors (Lipinski definition) is 2.